The second-order valence-electron chi connectivity index (χ2n) is 3.62. The van der Waals surface area contributed by atoms with Crippen molar-refractivity contribution in [2.24, 2.45) is 0 Å². The van der Waals surface area contributed by atoms with Crippen LogP contribution in [-0.4, -0.2) is 0 Å². The van der Waals surface area contributed by atoms with Gasteiger partial charge in [0.05, 0.1) is 9.30 Å². The molecule has 0 aliphatic heterocycles. The molecule has 0 aliphatic rings. The zero-order chi connectivity index (χ0) is 12.6. The molecule has 17 heavy (non-hydrogen) atoms. The van der Waals surface area contributed by atoms with E-state index in [4.69, 9.17) is 0 Å². The van der Waals surface area contributed by atoms with E-state index in [1.165, 1.54) is 17.4 Å². The van der Waals surface area contributed by atoms with Crippen molar-refractivity contribution in [2.75, 3.05) is 0 Å². The van der Waals surface area contributed by atoms with Crippen LogP contribution in [0.3, 0.4) is 0 Å². The minimum atomic E-state index is -0.458. The van der Waals surface area contributed by atoms with Gasteiger partial charge < -0.3 is 0 Å². The minimum absolute atomic E-state index is 0.140. The summed E-state index contributed by atoms with van der Waals surface area (Å²) in [5.74, 6) is -0.881. The molecule has 0 nitrogen and oxygen atoms in total. The van der Waals surface area contributed by atoms with Gasteiger partial charge in [0.2, 0.25) is 0 Å². The maximum Gasteiger partial charge on any atom is 0.137 e. The number of benzene rings is 1. The van der Waals surface area contributed by atoms with Crippen LogP contribution in [0.15, 0.2) is 28.1 Å². The van der Waals surface area contributed by atoms with Crippen LogP contribution in [0.4, 0.5) is 8.78 Å². The van der Waals surface area contributed by atoms with Crippen molar-refractivity contribution in [3.8, 4) is 0 Å². The second kappa shape index (κ2) is 5.16. The van der Waals surface area contributed by atoms with E-state index in [2.05, 4.69) is 31.9 Å². The van der Waals surface area contributed by atoms with Gasteiger partial charge in [0.15, 0.2) is 0 Å². The third kappa shape index (κ3) is 2.61. The molecule has 1 unspecified atom stereocenters. The number of thiophene rings is 1. The van der Waals surface area contributed by atoms with Crippen LogP contribution >= 0.6 is 43.2 Å². The summed E-state index contributed by atoms with van der Waals surface area (Å²) < 4.78 is 27.4. The number of hydrogen-bond acceptors (Lipinski definition) is 1. The third-order valence-corrected chi connectivity index (χ3v) is 5.39. The van der Waals surface area contributed by atoms with Crippen molar-refractivity contribution in [3.63, 3.8) is 0 Å². The Morgan fingerprint density at radius 2 is 1.94 bits per heavy atom. The zero-order valence-corrected chi connectivity index (χ0v) is 12.8. The van der Waals surface area contributed by atoms with E-state index in [1.54, 1.807) is 0 Å². The van der Waals surface area contributed by atoms with Crippen LogP contribution in [0.5, 0.6) is 0 Å². The number of hydrogen-bond donors (Lipinski definition) is 0. The maximum atomic E-state index is 13.8. The number of rotatable bonds is 2. The van der Waals surface area contributed by atoms with Crippen LogP contribution in [0.2, 0.25) is 0 Å². The van der Waals surface area contributed by atoms with Gasteiger partial charge in [-0.15, -0.1) is 11.3 Å². The maximum absolute atomic E-state index is 13.8. The lowest BCUT2D eigenvalue weighted by molar-refractivity contribution is 0.583. The van der Waals surface area contributed by atoms with Gasteiger partial charge >= 0.3 is 0 Å². The molecule has 1 heterocycles. The molecule has 5 heteroatoms. The summed E-state index contributed by atoms with van der Waals surface area (Å²) in [6.07, 6.45) is 0. The molecule has 90 valence electrons. The average Bonchev–Trinajstić information content (AvgIpc) is 2.69. The van der Waals surface area contributed by atoms with Gasteiger partial charge in [0.25, 0.3) is 0 Å². The first-order chi connectivity index (χ1) is 8.00. The van der Waals surface area contributed by atoms with E-state index in [9.17, 15) is 8.78 Å². The Kier molecular flexibility index (Phi) is 4.00. The highest BCUT2D eigenvalue weighted by molar-refractivity contribution is 9.10. The van der Waals surface area contributed by atoms with Gasteiger partial charge in [0, 0.05) is 10.4 Å². The Morgan fingerprint density at radius 1 is 1.24 bits per heavy atom. The summed E-state index contributed by atoms with van der Waals surface area (Å²) in [4.78, 5) is 0.677. The lowest BCUT2D eigenvalue weighted by Crippen LogP contribution is -1.98. The fourth-order valence-corrected chi connectivity index (χ4v) is 3.79. The van der Waals surface area contributed by atoms with E-state index < -0.39 is 11.6 Å². The van der Waals surface area contributed by atoms with Crippen LogP contribution in [0.1, 0.15) is 20.8 Å². The summed E-state index contributed by atoms with van der Waals surface area (Å²) in [5, 5.41) is 1.94. The van der Waals surface area contributed by atoms with Gasteiger partial charge in [-0.3, -0.25) is 0 Å². The molecule has 2 rings (SSSR count). The molecule has 0 aliphatic carbocycles. The SMILES string of the molecule is Cc1ccsc1C(Br)c1cc(F)c(Br)cc1F. The molecule has 0 saturated heterocycles. The van der Waals surface area contributed by atoms with Gasteiger partial charge in [-0.2, -0.15) is 0 Å². The quantitative estimate of drug-likeness (QED) is 0.470. The Morgan fingerprint density at radius 3 is 2.53 bits per heavy atom. The van der Waals surface area contributed by atoms with Crippen molar-refractivity contribution >= 4 is 43.2 Å². The smallest absolute Gasteiger partial charge is 0.137 e. The zero-order valence-electron chi connectivity index (χ0n) is 8.81. The molecule has 0 amide bonds. The predicted molar refractivity (Wildman–Crippen MR) is 73.9 cm³/mol. The lowest BCUT2D eigenvalue weighted by atomic mass is 10.1. The van der Waals surface area contributed by atoms with Crippen LogP contribution < -0.4 is 0 Å². The Hall–Kier alpha value is -0.260. The topological polar surface area (TPSA) is 0 Å². The first-order valence-electron chi connectivity index (χ1n) is 4.83. The number of aryl methyl sites for hydroxylation is 1. The fraction of sp³-hybridized carbons (Fsp3) is 0.167. The highest BCUT2D eigenvalue weighted by Crippen LogP contribution is 2.38. The molecule has 1 aromatic carbocycles. The summed E-state index contributed by atoms with van der Waals surface area (Å²) in [5.41, 5.74) is 1.39. The summed E-state index contributed by atoms with van der Waals surface area (Å²) in [6.45, 7) is 1.95. The summed E-state index contributed by atoms with van der Waals surface area (Å²) >= 11 is 7.91. The van der Waals surface area contributed by atoms with Crippen molar-refractivity contribution < 1.29 is 8.78 Å². The highest BCUT2D eigenvalue weighted by atomic mass is 79.9. The summed E-state index contributed by atoms with van der Waals surface area (Å²) in [7, 11) is 0. The Labute approximate surface area is 119 Å². The molecule has 1 atom stereocenters. The summed E-state index contributed by atoms with van der Waals surface area (Å²) in [6, 6.07) is 4.33. The first-order valence-corrected chi connectivity index (χ1v) is 7.42. The standard InChI is InChI=1S/C12H8Br2F2S/c1-6-2-3-17-12(6)11(14)7-4-10(16)8(13)5-9(7)15/h2-5,11H,1H3. The molecule has 0 spiro atoms. The van der Waals surface area contributed by atoms with Gasteiger partial charge in [-0.25, -0.2) is 8.78 Å². The van der Waals surface area contributed by atoms with Crippen molar-refractivity contribution in [1.29, 1.82) is 0 Å². The largest absolute Gasteiger partial charge is 0.207 e. The molecular weight excluding hydrogens is 374 g/mol. The first kappa shape index (κ1) is 13.2. The average molecular weight is 382 g/mol. The van der Waals surface area contributed by atoms with Crippen molar-refractivity contribution in [1.82, 2.24) is 0 Å². The predicted octanol–water partition coefficient (Wildman–Crippen LogP) is 5.58. The van der Waals surface area contributed by atoms with Crippen molar-refractivity contribution in [3.05, 3.63) is 55.7 Å². The van der Waals surface area contributed by atoms with Gasteiger partial charge in [0.1, 0.15) is 11.6 Å². The molecule has 0 fully saturated rings. The lowest BCUT2D eigenvalue weighted by Gasteiger charge is -2.11. The van der Waals surface area contributed by atoms with E-state index in [1.807, 2.05) is 18.4 Å². The van der Waals surface area contributed by atoms with E-state index in [0.717, 1.165) is 16.5 Å². The van der Waals surface area contributed by atoms with Crippen molar-refractivity contribution in [2.45, 2.75) is 11.8 Å². The highest BCUT2D eigenvalue weighted by Gasteiger charge is 2.19. The molecule has 2 aromatic rings. The number of alkyl halides is 1. The van der Waals surface area contributed by atoms with Crippen LogP contribution in [0, 0.1) is 18.6 Å². The number of halogens is 4. The molecule has 0 N–H and O–H groups in total. The Bertz CT molecular complexity index is 551. The van der Waals surface area contributed by atoms with Crippen LogP contribution in [0.25, 0.3) is 0 Å². The molecule has 0 bridgehead atoms. The molecule has 0 radical (unpaired) electrons. The molecule has 1 aromatic heterocycles. The monoisotopic (exact) mass is 380 g/mol. The normalized spacial score (nSPS) is 12.8. The fourth-order valence-electron chi connectivity index (χ4n) is 1.52. The van der Waals surface area contributed by atoms with E-state index >= 15 is 0 Å². The molecule has 0 saturated carbocycles. The van der Waals surface area contributed by atoms with E-state index in [-0.39, 0.29) is 9.30 Å². The second-order valence-corrected chi connectivity index (χ2v) is 6.34. The van der Waals surface area contributed by atoms with Gasteiger partial charge in [-0.05, 0) is 52.0 Å². The third-order valence-electron chi connectivity index (χ3n) is 2.44. The Balaban J connectivity index is 2.48. The minimum Gasteiger partial charge on any atom is -0.207 e. The van der Waals surface area contributed by atoms with E-state index in [0.29, 0.717) is 5.56 Å². The van der Waals surface area contributed by atoms with Crippen LogP contribution in [-0.2, 0) is 0 Å². The van der Waals surface area contributed by atoms with Gasteiger partial charge in [-0.1, -0.05) is 15.9 Å². The molecular formula is C12H8Br2F2S.